The Morgan fingerprint density at radius 1 is 1.45 bits per heavy atom. The van der Waals surface area contributed by atoms with Crippen LogP contribution in [0.2, 0.25) is 5.02 Å². The molecule has 20 heavy (non-hydrogen) atoms. The van der Waals surface area contributed by atoms with E-state index in [1.54, 1.807) is 22.7 Å². The standard InChI is InChI=1S/C13H15ClN4S2/c14-7-3-10(19-6-7)11-12(20-13(15)17-11)18-5-8-1-2-9(18)4-16-8/h3,6,8-9,16H,1-2,4-5H2,(H2,15,17). The van der Waals surface area contributed by atoms with Crippen molar-refractivity contribution in [3.05, 3.63) is 16.5 Å². The average molecular weight is 327 g/mol. The van der Waals surface area contributed by atoms with Crippen LogP contribution in [0.1, 0.15) is 12.8 Å². The van der Waals surface area contributed by atoms with Crippen LogP contribution in [-0.2, 0) is 0 Å². The minimum Gasteiger partial charge on any atom is -0.375 e. The molecule has 0 aromatic carbocycles. The molecule has 3 aliphatic heterocycles. The summed E-state index contributed by atoms with van der Waals surface area (Å²) in [6.45, 7) is 2.12. The molecule has 5 heterocycles. The topological polar surface area (TPSA) is 54.2 Å². The van der Waals surface area contributed by atoms with Crippen molar-refractivity contribution in [2.24, 2.45) is 0 Å². The second-order valence-electron chi connectivity index (χ2n) is 5.32. The summed E-state index contributed by atoms with van der Waals surface area (Å²) in [5, 5.41) is 8.13. The largest absolute Gasteiger partial charge is 0.375 e. The van der Waals surface area contributed by atoms with Gasteiger partial charge >= 0.3 is 0 Å². The molecule has 2 atom stereocenters. The first-order valence-corrected chi connectivity index (χ1v) is 8.79. The molecule has 2 unspecified atom stereocenters. The van der Waals surface area contributed by atoms with Crippen molar-refractivity contribution in [1.29, 1.82) is 0 Å². The Labute approximate surface area is 130 Å². The molecule has 2 aromatic heterocycles. The minimum atomic E-state index is 0.564. The van der Waals surface area contributed by atoms with Gasteiger partial charge in [-0.2, -0.15) is 0 Å². The van der Waals surface area contributed by atoms with E-state index in [1.807, 2.05) is 11.4 Å². The summed E-state index contributed by atoms with van der Waals surface area (Å²) in [4.78, 5) is 8.13. The molecule has 3 N–H and O–H groups in total. The molecule has 0 amide bonds. The van der Waals surface area contributed by atoms with Crippen molar-refractivity contribution >= 4 is 44.4 Å². The third-order valence-electron chi connectivity index (χ3n) is 4.04. The molecule has 2 bridgehead atoms. The third-order valence-corrected chi connectivity index (χ3v) is 6.24. The summed E-state index contributed by atoms with van der Waals surface area (Å²) in [7, 11) is 0. The molecule has 2 aromatic rings. The first-order chi connectivity index (χ1) is 9.70. The van der Waals surface area contributed by atoms with Gasteiger partial charge in [-0.1, -0.05) is 22.9 Å². The number of anilines is 2. The van der Waals surface area contributed by atoms with Crippen LogP contribution in [-0.4, -0.2) is 30.2 Å². The van der Waals surface area contributed by atoms with Crippen LogP contribution in [0.25, 0.3) is 10.6 Å². The lowest BCUT2D eigenvalue weighted by atomic mass is 9.93. The molecule has 106 valence electrons. The Morgan fingerprint density at radius 3 is 2.95 bits per heavy atom. The molecule has 3 fully saturated rings. The molecule has 3 saturated heterocycles. The third kappa shape index (κ3) is 2.11. The predicted molar refractivity (Wildman–Crippen MR) is 87.0 cm³/mol. The zero-order valence-electron chi connectivity index (χ0n) is 10.8. The second kappa shape index (κ2) is 4.87. The smallest absolute Gasteiger partial charge is 0.182 e. The number of hydrogen-bond donors (Lipinski definition) is 2. The minimum absolute atomic E-state index is 0.564. The first kappa shape index (κ1) is 12.9. The second-order valence-corrected chi connectivity index (χ2v) is 7.68. The molecule has 7 heteroatoms. The Balaban J connectivity index is 1.75. The van der Waals surface area contributed by atoms with Crippen LogP contribution < -0.4 is 16.0 Å². The highest BCUT2D eigenvalue weighted by Gasteiger charge is 2.35. The molecular weight excluding hydrogens is 312 g/mol. The van der Waals surface area contributed by atoms with Gasteiger partial charge in [-0.3, -0.25) is 0 Å². The number of rotatable bonds is 2. The van der Waals surface area contributed by atoms with Gasteiger partial charge in [0.2, 0.25) is 0 Å². The quantitative estimate of drug-likeness (QED) is 0.890. The van der Waals surface area contributed by atoms with Gasteiger partial charge in [0.15, 0.2) is 5.13 Å². The highest BCUT2D eigenvalue weighted by molar-refractivity contribution is 7.20. The van der Waals surface area contributed by atoms with E-state index in [0.29, 0.717) is 17.2 Å². The summed E-state index contributed by atoms with van der Waals surface area (Å²) >= 11 is 9.27. The highest BCUT2D eigenvalue weighted by Crippen LogP contribution is 2.43. The van der Waals surface area contributed by atoms with Gasteiger partial charge in [0.25, 0.3) is 0 Å². The van der Waals surface area contributed by atoms with E-state index in [4.69, 9.17) is 17.3 Å². The molecule has 0 aliphatic carbocycles. The summed E-state index contributed by atoms with van der Waals surface area (Å²) < 4.78 is 0. The number of piperidine rings is 2. The number of nitrogen functional groups attached to an aromatic ring is 1. The maximum absolute atomic E-state index is 6.05. The lowest BCUT2D eigenvalue weighted by Crippen LogP contribution is -2.61. The zero-order valence-corrected chi connectivity index (χ0v) is 13.2. The monoisotopic (exact) mass is 326 g/mol. The number of thiazole rings is 1. The molecule has 5 rings (SSSR count). The van der Waals surface area contributed by atoms with Gasteiger partial charge in [-0.25, -0.2) is 4.98 Å². The van der Waals surface area contributed by atoms with Crippen molar-refractivity contribution in [2.45, 2.75) is 24.9 Å². The normalized spacial score (nSPS) is 25.4. The van der Waals surface area contributed by atoms with Crippen molar-refractivity contribution in [2.75, 3.05) is 23.7 Å². The molecule has 4 nitrogen and oxygen atoms in total. The summed E-state index contributed by atoms with van der Waals surface area (Å²) in [5.41, 5.74) is 6.96. The van der Waals surface area contributed by atoms with E-state index >= 15 is 0 Å². The highest BCUT2D eigenvalue weighted by atomic mass is 35.5. The van der Waals surface area contributed by atoms with Crippen molar-refractivity contribution in [3.63, 3.8) is 0 Å². The van der Waals surface area contributed by atoms with E-state index in [0.717, 1.165) is 28.7 Å². The van der Waals surface area contributed by atoms with Crippen LogP contribution in [0.5, 0.6) is 0 Å². The lowest BCUT2D eigenvalue weighted by Gasteiger charge is -2.46. The number of thiophene rings is 1. The number of hydrogen-bond acceptors (Lipinski definition) is 6. The van der Waals surface area contributed by atoms with Gasteiger partial charge in [0.1, 0.15) is 10.7 Å². The molecular formula is C13H15ClN4S2. The van der Waals surface area contributed by atoms with Crippen molar-refractivity contribution in [3.8, 4) is 10.6 Å². The zero-order chi connectivity index (χ0) is 13.7. The summed E-state index contributed by atoms with van der Waals surface area (Å²) in [6.07, 6.45) is 2.52. The molecule has 0 spiro atoms. The number of fused-ring (bicyclic) bond motifs is 3. The fourth-order valence-electron chi connectivity index (χ4n) is 3.08. The number of nitrogens with zero attached hydrogens (tertiary/aromatic N) is 2. The predicted octanol–water partition coefficient (Wildman–Crippen LogP) is 3.05. The van der Waals surface area contributed by atoms with E-state index in [1.165, 1.54) is 17.8 Å². The van der Waals surface area contributed by atoms with Gasteiger partial charge < -0.3 is 16.0 Å². The van der Waals surface area contributed by atoms with Gasteiger partial charge in [0.05, 0.1) is 9.90 Å². The Bertz CT molecular complexity index is 630. The van der Waals surface area contributed by atoms with Gasteiger partial charge in [-0.15, -0.1) is 11.3 Å². The fourth-order valence-corrected chi connectivity index (χ4v) is 5.13. The van der Waals surface area contributed by atoms with E-state index < -0.39 is 0 Å². The van der Waals surface area contributed by atoms with Crippen molar-refractivity contribution in [1.82, 2.24) is 10.3 Å². The molecule has 0 saturated carbocycles. The van der Waals surface area contributed by atoms with Crippen LogP contribution in [0.3, 0.4) is 0 Å². The number of nitrogens with one attached hydrogen (secondary N) is 1. The summed E-state index contributed by atoms with van der Waals surface area (Å²) in [5.74, 6) is 0. The maximum Gasteiger partial charge on any atom is 0.182 e. The Kier molecular flexibility index (Phi) is 3.14. The summed E-state index contributed by atoms with van der Waals surface area (Å²) in [6, 6.07) is 3.14. The molecule has 0 radical (unpaired) electrons. The number of halogens is 1. The van der Waals surface area contributed by atoms with Crippen LogP contribution in [0, 0.1) is 0 Å². The van der Waals surface area contributed by atoms with E-state index in [9.17, 15) is 0 Å². The van der Waals surface area contributed by atoms with E-state index in [-0.39, 0.29) is 0 Å². The first-order valence-electron chi connectivity index (χ1n) is 6.71. The lowest BCUT2D eigenvalue weighted by molar-refractivity contribution is 0.291. The van der Waals surface area contributed by atoms with Crippen LogP contribution >= 0.6 is 34.3 Å². The van der Waals surface area contributed by atoms with Crippen LogP contribution in [0.4, 0.5) is 10.1 Å². The van der Waals surface area contributed by atoms with E-state index in [2.05, 4.69) is 15.2 Å². The van der Waals surface area contributed by atoms with Crippen molar-refractivity contribution < 1.29 is 0 Å². The maximum atomic E-state index is 6.05. The SMILES string of the molecule is Nc1nc(-c2cc(Cl)cs2)c(N2CC3CCC2CN3)s1. The Hall–Kier alpha value is -0.820. The number of nitrogens with two attached hydrogens (primary N) is 1. The van der Waals surface area contributed by atoms with Crippen LogP contribution in [0.15, 0.2) is 11.4 Å². The van der Waals surface area contributed by atoms with Gasteiger partial charge in [0, 0.05) is 30.6 Å². The number of aromatic nitrogens is 1. The number of piperazine rings is 1. The Morgan fingerprint density at radius 2 is 2.35 bits per heavy atom. The average Bonchev–Trinajstić information content (AvgIpc) is 3.06. The fraction of sp³-hybridized carbons (Fsp3) is 0.462. The van der Waals surface area contributed by atoms with Gasteiger partial charge in [-0.05, 0) is 18.9 Å². The molecule has 3 aliphatic rings.